The molecule has 0 amide bonds. The van der Waals surface area contributed by atoms with Gasteiger partial charge in [-0.1, -0.05) is 20.8 Å². The largest absolute Gasteiger partial charge is 0.356 e. The molecule has 0 aliphatic heterocycles. The first-order chi connectivity index (χ1) is 8.45. The SMILES string of the molecule is CC(Cn1cccn1)Nc1nc(C(C)(C)C)ns1. The quantitative estimate of drug-likeness (QED) is 0.923. The summed E-state index contributed by atoms with van der Waals surface area (Å²) >= 11 is 1.42. The van der Waals surface area contributed by atoms with Crippen LogP contribution in [0.1, 0.15) is 33.5 Å². The van der Waals surface area contributed by atoms with E-state index in [0.717, 1.165) is 17.5 Å². The number of anilines is 1. The first-order valence-electron chi connectivity index (χ1n) is 6.03. The van der Waals surface area contributed by atoms with Crippen molar-refractivity contribution in [2.75, 3.05) is 5.32 Å². The van der Waals surface area contributed by atoms with Crippen molar-refractivity contribution < 1.29 is 0 Å². The molecule has 2 heterocycles. The molecule has 18 heavy (non-hydrogen) atoms. The molecule has 5 nitrogen and oxygen atoms in total. The maximum atomic E-state index is 4.52. The van der Waals surface area contributed by atoms with Crippen LogP contribution in [0.4, 0.5) is 5.13 Å². The Bertz CT molecular complexity index is 483. The van der Waals surface area contributed by atoms with E-state index in [1.165, 1.54) is 11.5 Å². The Balaban J connectivity index is 1.95. The van der Waals surface area contributed by atoms with E-state index in [1.807, 2.05) is 16.9 Å². The summed E-state index contributed by atoms with van der Waals surface area (Å²) in [5.74, 6) is 0.890. The van der Waals surface area contributed by atoms with Crippen molar-refractivity contribution in [3.05, 3.63) is 24.3 Å². The number of hydrogen-bond acceptors (Lipinski definition) is 5. The molecule has 0 bridgehead atoms. The van der Waals surface area contributed by atoms with Gasteiger partial charge in [-0.25, -0.2) is 4.98 Å². The standard InChI is InChI=1S/C12H19N5S/c1-9(8-17-7-5-6-13-17)14-11-15-10(16-18-11)12(2,3)4/h5-7,9H,8H2,1-4H3,(H,14,15,16). The zero-order chi connectivity index (χ0) is 13.2. The highest BCUT2D eigenvalue weighted by molar-refractivity contribution is 7.09. The van der Waals surface area contributed by atoms with Gasteiger partial charge in [-0.3, -0.25) is 4.68 Å². The molecule has 0 aliphatic rings. The molecule has 0 radical (unpaired) electrons. The summed E-state index contributed by atoms with van der Waals surface area (Å²) in [4.78, 5) is 4.52. The highest BCUT2D eigenvalue weighted by atomic mass is 32.1. The lowest BCUT2D eigenvalue weighted by Crippen LogP contribution is -2.22. The average Bonchev–Trinajstić information content (AvgIpc) is 2.87. The number of hydrogen-bond donors (Lipinski definition) is 1. The molecule has 0 aliphatic carbocycles. The van der Waals surface area contributed by atoms with Crippen LogP contribution in [0.3, 0.4) is 0 Å². The summed E-state index contributed by atoms with van der Waals surface area (Å²) in [6.45, 7) is 9.28. The van der Waals surface area contributed by atoms with Crippen LogP contribution in [0.15, 0.2) is 18.5 Å². The molecule has 2 rings (SSSR count). The lowest BCUT2D eigenvalue weighted by molar-refractivity contribution is 0.549. The predicted octanol–water partition coefficient (Wildman–Crippen LogP) is 2.53. The second kappa shape index (κ2) is 5.06. The van der Waals surface area contributed by atoms with Gasteiger partial charge in [0.2, 0.25) is 5.13 Å². The second-order valence-corrected chi connectivity index (χ2v) is 6.20. The molecule has 1 atom stereocenters. The maximum absolute atomic E-state index is 4.52. The van der Waals surface area contributed by atoms with E-state index in [2.05, 4.69) is 47.5 Å². The van der Waals surface area contributed by atoms with Crippen molar-refractivity contribution in [1.82, 2.24) is 19.1 Å². The Morgan fingerprint density at radius 1 is 1.44 bits per heavy atom. The van der Waals surface area contributed by atoms with Gasteiger partial charge in [0.05, 0.1) is 6.54 Å². The maximum Gasteiger partial charge on any atom is 0.202 e. The first kappa shape index (κ1) is 13.0. The minimum Gasteiger partial charge on any atom is -0.356 e. The van der Waals surface area contributed by atoms with Crippen LogP contribution in [0, 0.1) is 0 Å². The third kappa shape index (κ3) is 3.29. The van der Waals surface area contributed by atoms with Crippen molar-refractivity contribution in [3.63, 3.8) is 0 Å². The summed E-state index contributed by atoms with van der Waals surface area (Å²) < 4.78 is 6.29. The third-order valence-electron chi connectivity index (χ3n) is 2.49. The van der Waals surface area contributed by atoms with Crippen LogP contribution < -0.4 is 5.32 Å². The van der Waals surface area contributed by atoms with Gasteiger partial charge in [-0.05, 0) is 13.0 Å². The molecular weight excluding hydrogens is 246 g/mol. The molecule has 0 saturated carbocycles. The fourth-order valence-corrected chi connectivity index (χ4v) is 2.40. The molecule has 1 N–H and O–H groups in total. The van der Waals surface area contributed by atoms with Crippen molar-refractivity contribution in [2.45, 2.75) is 45.7 Å². The smallest absolute Gasteiger partial charge is 0.202 e. The van der Waals surface area contributed by atoms with E-state index >= 15 is 0 Å². The van der Waals surface area contributed by atoms with Gasteiger partial charge >= 0.3 is 0 Å². The van der Waals surface area contributed by atoms with Crippen molar-refractivity contribution in [2.24, 2.45) is 0 Å². The molecule has 0 aromatic carbocycles. The average molecular weight is 265 g/mol. The van der Waals surface area contributed by atoms with Crippen LogP contribution in [0.25, 0.3) is 0 Å². The van der Waals surface area contributed by atoms with Crippen LogP contribution in [-0.2, 0) is 12.0 Å². The van der Waals surface area contributed by atoms with Gasteiger partial charge in [-0.15, -0.1) is 0 Å². The van der Waals surface area contributed by atoms with E-state index in [9.17, 15) is 0 Å². The van der Waals surface area contributed by atoms with Gasteiger partial charge in [0, 0.05) is 35.4 Å². The van der Waals surface area contributed by atoms with Crippen LogP contribution in [0.5, 0.6) is 0 Å². The van der Waals surface area contributed by atoms with Gasteiger partial charge in [0.1, 0.15) is 5.82 Å². The minimum atomic E-state index is 0.00164. The topological polar surface area (TPSA) is 55.6 Å². The van der Waals surface area contributed by atoms with E-state index in [1.54, 1.807) is 6.20 Å². The van der Waals surface area contributed by atoms with E-state index in [4.69, 9.17) is 0 Å². The van der Waals surface area contributed by atoms with E-state index < -0.39 is 0 Å². The number of aromatic nitrogens is 4. The highest BCUT2D eigenvalue weighted by Crippen LogP contribution is 2.23. The summed E-state index contributed by atoms with van der Waals surface area (Å²) in [5, 5.41) is 8.42. The van der Waals surface area contributed by atoms with Crippen LogP contribution in [-0.4, -0.2) is 25.2 Å². The Hall–Kier alpha value is -1.43. The molecule has 0 saturated heterocycles. The van der Waals surface area contributed by atoms with Crippen molar-refractivity contribution in [3.8, 4) is 0 Å². The normalized spacial score (nSPS) is 13.6. The minimum absolute atomic E-state index is 0.00164. The van der Waals surface area contributed by atoms with E-state index in [-0.39, 0.29) is 11.5 Å². The Morgan fingerprint density at radius 2 is 2.22 bits per heavy atom. The Labute approximate surface area is 111 Å². The van der Waals surface area contributed by atoms with Crippen LogP contribution in [0.2, 0.25) is 0 Å². The third-order valence-corrected chi connectivity index (χ3v) is 3.13. The second-order valence-electron chi connectivity index (χ2n) is 5.45. The zero-order valence-electron chi connectivity index (χ0n) is 11.2. The summed E-state index contributed by atoms with van der Waals surface area (Å²) in [7, 11) is 0. The van der Waals surface area contributed by atoms with Gasteiger partial charge in [0.15, 0.2) is 0 Å². The van der Waals surface area contributed by atoms with Gasteiger partial charge < -0.3 is 5.32 Å². The van der Waals surface area contributed by atoms with Crippen molar-refractivity contribution >= 4 is 16.7 Å². The molecule has 2 aromatic heterocycles. The molecular formula is C12H19N5S. The highest BCUT2D eigenvalue weighted by Gasteiger charge is 2.19. The monoisotopic (exact) mass is 265 g/mol. The number of rotatable bonds is 4. The number of nitrogens with zero attached hydrogens (tertiary/aromatic N) is 4. The molecule has 98 valence electrons. The summed E-state index contributed by atoms with van der Waals surface area (Å²) in [6.07, 6.45) is 3.74. The Morgan fingerprint density at radius 3 is 2.78 bits per heavy atom. The van der Waals surface area contributed by atoms with Crippen molar-refractivity contribution in [1.29, 1.82) is 0 Å². The zero-order valence-corrected chi connectivity index (χ0v) is 12.0. The Kier molecular flexibility index (Phi) is 3.65. The lowest BCUT2D eigenvalue weighted by atomic mass is 9.96. The first-order valence-corrected chi connectivity index (χ1v) is 6.80. The molecule has 1 unspecified atom stereocenters. The molecule has 2 aromatic rings. The lowest BCUT2D eigenvalue weighted by Gasteiger charge is -2.14. The molecule has 0 fully saturated rings. The molecule has 0 spiro atoms. The fourth-order valence-electron chi connectivity index (χ4n) is 1.53. The van der Waals surface area contributed by atoms with Gasteiger partial charge in [0.25, 0.3) is 0 Å². The van der Waals surface area contributed by atoms with Gasteiger partial charge in [-0.2, -0.15) is 9.47 Å². The number of nitrogens with one attached hydrogen (secondary N) is 1. The molecule has 6 heteroatoms. The van der Waals surface area contributed by atoms with Crippen LogP contribution >= 0.6 is 11.5 Å². The fraction of sp³-hybridized carbons (Fsp3) is 0.583. The predicted molar refractivity (Wildman–Crippen MR) is 73.9 cm³/mol. The summed E-state index contributed by atoms with van der Waals surface area (Å²) in [6, 6.07) is 2.20. The summed E-state index contributed by atoms with van der Waals surface area (Å²) in [5.41, 5.74) is 0.00164. The van der Waals surface area contributed by atoms with E-state index in [0.29, 0.717) is 0 Å².